The third-order valence-electron chi connectivity index (χ3n) is 5.24. The number of benzene rings is 1. The van der Waals surface area contributed by atoms with Crippen LogP contribution in [-0.4, -0.2) is 37.1 Å². The van der Waals surface area contributed by atoms with Crippen molar-refractivity contribution in [3.05, 3.63) is 77.9 Å². The molecule has 1 aliphatic rings. The predicted molar refractivity (Wildman–Crippen MR) is 130 cm³/mol. The molecule has 0 aliphatic carbocycles. The summed E-state index contributed by atoms with van der Waals surface area (Å²) in [5.41, 5.74) is 2.99. The van der Waals surface area contributed by atoms with Gasteiger partial charge in [0.15, 0.2) is 0 Å². The van der Waals surface area contributed by atoms with Gasteiger partial charge >= 0.3 is 0 Å². The van der Waals surface area contributed by atoms with Crippen LogP contribution in [0.3, 0.4) is 0 Å². The lowest BCUT2D eigenvalue weighted by Crippen LogP contribution is -2.43. The Balaban J connectivity index is 1.33. The van der Waals surface area contributed by atoms with Crippen molar-refractivity contribution in [3.63, 3.8) is 0 Å². The van der Waals surface area contributed by atoms with Crippen LogP contribution in [0.25, 0.3) is 20.2 Å². The minimum atomic E-state index is -0.0968. The number of nitrogens with zero attached hydrogens (tertiary/aromatic N) is 2. The van der Waals surface area contributed by atoms with Gasteiger partial charge in [-0.2, -0.15) is 0 Å². The zero-order chi connectivity index (χ0) is 21.0. The first-order chi connectivity index (χ1) is 15.3. The van der Waals surface area contributed by atoms with Gasteiger partial charge in [-0.05, 0) is 35.9 Å². The number of amides is 1. The van der Waals surface area contributed by atoms with Gasteiger partial charge < -0.3 is 15.5 Å². The van der Waals surface area contributed by atoms with Crippen molar-refractivity contribution >= 4 is 40.0 Å². The highest BCUT2D eigenvalue weighted by atomic mass is 32.1. The van der Waals surface area contributed by atoms with Crippen molar-refractivity contribution in [2.45, 2.75) is 0 Å². The first kappa shape index (κ1) is 19.9. The lowest BCUT2D eigenvalue weighted by molar-refractivity contribution is 0.103. The molecular formula is C24H22N4OS2. The quantitative estimate of drug-likeness (QED) is 0.442. The summed E-state index contributed by atoms with van der Waals surface area (Å²) in [6.45, 7) is 3.71. The van der Waals surface area contributed by atoms with E-state index in [1.165, 1.54) is 26.7 Å². The molecule has 0 radical (unpaired) electrons. The Hall–Kier alpha value is -3.00. The fourth-order valence-corrected chi connectivity index (χ4v) is 5.67. The molecule has 0 unspecified atom stereocenters. The molecule has 1 saturated heterocycles. The van der Waals surface area contributed by atoms with Crippen LogP contribution in [0.2, 0.25) is 0 Å². The van der Waals surface area contributed by atoms with E-state index < -0.39 is 0 Å². The van der Waals surface area contributed by atoms with Crippen LogP contribution < -0.4 is 15.5 Å². The van der Waals surface area contributed by atoms with E-state index in [9.17, 15) is 4.79 Å². The molecule has 0 atom stereocenters. The summed E-state index contributed by atoms with van der Waals surface area (Å²) in [6, 6.07) is 20.5. The maximum Gasteiger partial charge on any atom is 0.265 e. The maximum atomic E-state index is 13.0. The average molecular weight is 447 g/mol. The molecule has 1 fully saturated rings. The standard InChI is InChI=1S/C24H22N4OS2/c29-24(27-18-16-26-11-10-19(18)28-14-12-25-13-15-28)23-9-8-22(31-23)21-7-6-20(30-21)17-4-2-1-3-5-17/h1-11,16,25H,12-15H2,(H,27,29). The van der Waals surface area contributed by atoms with Crippen molar-refractivity contribution in [1.29, 1.82) is 0 Å². The smallest absolute Gasteiger partial charge is 0.265 e. The minimum absolute atomic E-state index is 0.0968. The summed E-state index contributed by atoms with van der Waals surface area (Å²) in [7, 11) is 0. The molecule has 4 heterocycles. The number of rotatable bonds is 5. The molecule has 1 amide bonds. The van der Waals surface area contributed by atoms with E-state index in [4.69, 9.17) is 0 Å². The van der Waals surface area contributed by atoms with Gasteiger partial charge in [-0.15, -0.1) is 22.7 Å². The van der Waals surface area contributed by atoms with Crippen molar-refractivity contribution in [1.82, 2.24) is 10.3 Å². The molecular weight excluding hydrogens is 424 g/mol. The third kappa shape index (κ3) is 4.39. The number of carbonyl (C=O) groups is 1. The summed E-state index contributed by atoms with van der Waals surface area (Å²) in [5.74, 6) is -0.0968. The van der Waals surface area contributed by atoms with E-state index in [2.05, 4.69) is 56.9 Å². The molecule has 31 heavy (non-hydrogen) atoms. The summed E-state index contributed by atoms with van der Waals surface area (Å²) in [5, 5.41) is 6.43. The Morgan fingerprint density at radius 1 is 0.903 bits per heavy atom. The highest BCUT2D eigenvalue weighted by molar-refractivity contribution is 7.24. The van der Waals surface area contributed by atoms with Crippen LogP contribution in [0.5, 0.6) is 0 Å². The minimum Gasteiger partial charge on any atom is -0.367 e. The molecule has 4 aromatic rings. The van der Waals surface area contributed by atoms with Crippen molar-refractivity contribution in [2.75, 3.05) is 36.4 Å². The highest BCUT2D eigenvalue weighted by Gasteiger charge is 2.18. The van der Waals surface area contributed by atoms with Gasteiger partial charge in [-0.1, -0.05) is 30.3 Å². The summed E-state index contributed by atoms with van der Waals surface area (Å²) < 4.78 is 0. The van der Waals surface area contributed by atoms with Crippen molar-refractivity contribution in [3.8, 4) is 20.2 Å². The van der Waals surface area contributed by atoms with Crippen LogP contribution in [0.15, 0.2) is 73.1 Å². The molecule has 156 valence electrons. The Labute approximate surface area is 189 Å². The largest absolute Gasteiger partial charge is 0.367 e. The van der Waals surface area contributed by atoms with E-state index in [0.717, 1.165) is 42.4 Å². The Morgan fingerprint density at radius 2 is 1.65 bits per heavy atom. The zero-order valence-electron chi connectivity index (χ0n) is 16.9. The van der Waals surface area contributed by atoms with Gasteiger partial charge in [0, 0.05) is 47.0 Å². The first-order valence-electron chi connectivity index (χ1n) is 10.2. The second-order valence-corrected chi connectivity index (χ2v) is 9.45. The van der Waals surface area contributed by atoms with Crippen LogP contribution in [0, 0.1) is 0 Å². The van der Waals surface area contributed by atoms with Crippen LogP contribution >= 0.6 is 22.7 Å². The second-order valence-electron chi connectivity index (χ2n) is 7.28. The fraction of sp³-hybridized carbons (Fsp3) is 0.167. The fourth-order valence-electron chi connectivity index (χ4n) is 3.67. The van der Waals surface area contributed by atoms with Gasteiger partial charge in [0.2, 0.25) is 0 Å². The van der Waals surface area contributed by atoms with E-state index in [-0.39, 0.29) is 5.91 Å². The molecule has 1 aliphatic heterocycles. The normalized spacial score (nSPS) is 13.9. The molecule has 5 rings (SSSR count). The van der Waals surface area contributed by atoms with Crippen LogP contribution in [0.4, 0.5) is 11.4 Å². The number of hydrogen-bond acceptors (Lipinski definition) is 6. The number of nitrogens with one attached hydrogen (secondary N) is 2. The van der Waals surface area contributed by atoms with E-state index in [0.29, 0.717) is 4.88 Å². The van der Waals surface area contributed by atoms with Crippen molar-refractivity contribution < 1.29 is 4.79 Å². The van der Waals surface area contributed by atoms with E-state index in [1.807, 2.05) is 24.3 Å². The van der Waals surface area contributed by atoms with Crippen LogP contribution in [-0.2, 0) is 0 Å². The number of piperazine rings is 1. The van der Waals surface area contributed by atoms with Gasteiger partial charge in [0.1, 0.15) is 0 Å². The van der Waals surface area contributed by atoms with Crippen LogP contribution in [0.1, 0.15) is 9.67 Å². The first-order valence-corrected chi connectivity index (χ1v) is 11.9. The number of carbonyl (C=O) groups excluding carboxylic acids is 1. The third-order valence-corrected chi connectivity index (χ3v) is 7.66. The Kier molecular flexibility index (Phi) is 5.80. The number of pyridine rings is 1. The highest BCUT2D eigenvalue weighted by Crippen LogP contribution is 2.38. The summed E-state index contributed by atoms with van der Waals surface area (Å²) in [6.07, 6.45) is 3.51. The number of thiophene rings is 2. The predicted octanol–water partition coefficient (Wildman–Crippen LogP) is 5.20. The molecule has 7 heteroatoms. The molecule has 0 spiro atoms. The van der Waals surface area contributed by atoms with Gasteiger partial charge in [-0.25, -0.2) is 0 Å². The van der Waals surface area contributed by atoms with Gasteiger partial charge in [0.05, 0.1) is 22.4 Å². The zero-order valence-corrected chi connectivity index (χ0v) is 18.5. The Bertz CT molecular complexity index is 1180. The average Bonchev–Trinajstić information content (AvgIpc) is 3.51. The molecule has 1 aromatic carbocycles. The topological polar surface area (TPSA) is 57.3 Å². The molecule has 3 aromatic heterocycles. The number of anilines is 2. The number of hydrogen-bond donors (Lipinski definition) is 2. The van der Waals surface area contributed by atoms with Crippen molar-refractivity contribution in [2.24, 2.45) is 0 Å². The molecule has 0 saturated carbocycles. The molecule has 5 nitrogen and oxygen atoms in total. The monoisotopic (exact) mass is 446 g/mol. The van der Waals surface area contributed by atoms with Gasteiger partial charge in [0.25, 0.3) is 5.91 Å². The molecule has 0 bridgehead atoms. The second kappa shape index (κ2) is 9.01. The lowest BCUT2D eigenvalue weighted by atomic mass is 10.2. The maximum absolute atomic E-state index is 13.0. The Morgan fingerprint density at radius 3 is 2.48 bits per heavy atom. The van der Waals surface area contributed by atoms with E-state index >= 15 is 0 Å². The molecule has 2 N–H and O–H groups in total. The van der Waals surface area contributed by atoms with Gasteiger partial charge in [-0.3, -0.25) is 9.78 Å². The number of aromatic nitrogens is 1. The summed E-state index contributed by atoms with van der Waals surface area (Å²) >= 11 is 3.26. The summed E-state index contributed by atoms with van der Waals surface area (Å²) in [4.78, 5) is 23.7. The SMILES string of the molecule is O=C(Nc1cnccc1N1CCNCC1)c1ccc(-c2ccc(-c3ccccc3)s2)s1. The van der Waals surface area contributed by atoms with E-state index in [1.54, 1.807) is 23.7 Å². The lowest BCUT2D eigenvalue weighted by Gasteiger charge is -2.30.